The minimum absolute atomic E-state index is 0.00985. The van der Waals surface area contributed by atoms with Gasteiger partial charge < -0.3 is 4.57 Å². The predicted molar refractivity (Wildman–Crippen MR) is 134 cm³/mol. The quantitative estimate of drug-likeness (QED) is 0.185. The molecule has 4 rings (SSSR count). The summed E-state index contributed by atoms with van der Waals surface area (Å²) in [6, 6.07) is 13.5. The molecule has 10 heteroatoms. The van der Waals surface area contributed by atoms with Crippen molar-refractivity contribution in [2.45, 2.75) is 20.8 Å². The second kappa shape index (κ2) is 8.85. The van der Waals surface area contributed by atoms with Crippen molar-refractivity contribution in [3.63, 3.8) is 0 Å². The smallest absolute Gasteiger partial charge is 0.274 e. The molecule has 0 radical (unpaired) electrons. The summed E-state index contributed by atoms with van der Waals surface area (Å²) in [5.41, 5.74) is 3.53. The van der Waals surface area contributed by atoms with E-state index in [1.165, 1.54) is 17.0 Å². The van der Waals surface area contributed by atoms with Gasteiger partial charge in [0.15, 0.2) is 5.11 Å². The molecular weight excluding hydrogens is 476 g/mol. The van der Waals surface area contributed by atoms with Gasteiger partial charge in [-0.2, -0.15) is 0 Å². The standard InChI is InChI=1S/C24H19ClN4O4S/c1-13-8-9-17(12-21(13)29(32)33)27-14(2)10-16(15(27)3)11-18-22(30)26-24(34)28(23(18)31)20-7-5-4-6-19(20)25/h4-12H,1-3H3,(H,26,30,34)/b18-11+. The second-order valence-corrected chi connectivity index (χ2v) is 8.59. The van der Waals surface area contributed by atoms with Crippen LogP contribution in [0.4, 0.5) is 11.4 Å². The summed E-state index contributed by atoms with van der Waals surface area (Å²) in [4.78, 5) is 38.1. The fourth-order valence-electron chi connectivity index (χ4n) is 3.93. The number of hydrogen-bond acceptors (Lipinski definition) is 5. The molecule has 0 saturated carbocycles. The lowest BCUT2D eigenvalue weighted by atomic mass is 10.1. The molecule has 3 aromatic rings. The van der Waals surface area contributed by atoms with Crippen molar-refractivity contribution in [2.24, 2.45) is 0 Å². The Morgan fingerprint density at radius 1 is 1.09 bits per heavy atom. The summed E-state index contributed by atoms with van der Waals surface area (Å²) in [5, 5.41) is 14.2. The van der Waals surface area contributed by atoms with Gasteiger partial charge >= 0.3 is 0 Å². The number of carbonyl (C=O) groups excluding carboxylic acids is 2. The van der Waals surface area contributed by atoms with Crippen LogP contribution in [0.5, 0.6) is 0 Å². The number of nitrogens with zero attached hydrogens (tertiary/aromatic N) is 3. The first-order valence-electron chi connectivity index (χ1n) is 10.2. The number of anilines is 1. The molecule has 1 aliphatic heterocycles. The molecule has 0 unspecified atom stereocenters. The van der Waals surface area contributed by atoms with E-state index in [2.05, 4.69) is 5.32 Å². The van der Waals surface area contributed by atoms with Gasteiger partial charge in [-0.05, 0) is 68.9 Å². The Kier molecular flexibility index (Phi) is 6.07. The van der Waals surface area contributed by atoms with Gasteiger partial charge in [0.05, 0.1) is 21.3 Å². The molecular formula is C24H19ClN4O4S. The fraction of sp³-hybridized carbons (Fsp3) is 0.125. The maximum Gasteiger partial charge on any atom is 0.274 e. The molecule has 1 aromatic heterocycles. The number of nitro groups is 1. The van der Waals surface area contributed by atoms with Gasteiger partial charge in [-0.3, -0.25) is 29.9 Å². The molecule has 0 spiro atoms. The van der Waals surface area contributed by atoms with Crippen molar-refractivity contribution in [2.75, 3.05) is 4.90 Å². The first-order valence-corrected chi connectivity index (χ1v) is 11.0. The molecule has 34 heavy (non-hydrogen) atoms. The van der Waals surface area contributed by atoms with Gasteiger partial charge in [0, 0.05) is 23.0 Å². The number of rotatable bonds is 4. The van der Waals surface area contributed by atoms with Gasteiger partial charge in [0.1, 0.15) is 5.57 Å². The molecule has 1 aliphatic rings. The van der Waals surface area contributed by atoms with Crippen molar-refractivity contribution in [3.8, 4) is 5.69 Å². The highest BCUT2D eigenvalue weighted by molar-refractivity contribution is 7.80. The highest BCUT2D eigenvalue weighted by Gasteiger charge is 2.35. The summed E-state index contributed by atoms with van der Waals surface area (Å²) in [6.45, 7) is 5.33. The molecule has 1 fully saturated rings. The number of para-hydroxylation sites is 1. The third-order valence-corrected chi connectivity index (χ3v) is 6.22. The summed E-state index contributed by atoms with van der Waals surface area (Å²) in [7, 11) is 0. The van der Waals surface area contributed by atoms with Crippen LogP contribution in [0.2, 0.25) is 5.02 Å². The third-order valence-electron chi connectivity index (χ3n) is 5.61. The van der Waals surface area contributed by atoms with Crippen LogP contribution in [0.25, 0.3) is 11.8 Å². The van der Waals surface area contributed by atoms with E-state index in [9.17, 15) is 19.7 Å². The number of aromatic nitrogens is 1. The van der Waals surface area contributed by atoms with E-state index in [-0.39, 0.29) is 16.4 Å². The van der Waals surface area contributed by atoms with E-state index in [4.69, 9.17) is 23.8 Å². The Labute approximate surface area is 205 Å². The maximum atomic E-state index is 13.3. The summed E-state index contributed by atoms with van der Waals surface area (Å²) in [6.07, 6.45) is 1.49. The number of halogens is 1. The van der Waals surface area contributed by atoms with Crippen molar-refractivity contribution in [1.29, 1.82) is 0 Å². The van der Waals surface area contributed by atoms with E-state index in [0.717, 1.165) is 5.69 Å². The van der Waals surface area contributed by atoms with Crippen molar-refractivity contribution >= 4 is 58.2 Å². The molecule has 2 heterocycles. The van der Waals surface area contributed by atoms with Gasteiger partial charge in [-0.15, -0.1) is 0 Å². The van der Waals surface area contributed by atoms with Gasteiger partial charge in [0.2, 0.25) is 0 Å². The molecule has 1 saturated heterocycles. The van der Waals surface area contributed by atoms with E-state index >= 15 is 0 Å². The van der Waals surface area contributed by atoms with Crippen LogP contribution in [0, 0.1) is 30.9 Å². The number of benzene rings is 2. The average molecular weight is 495 g/mol. The third kappa shape index (κ3) is 4.00. The minimum atomic E-state index is -0.617. The van der Waals surface area contributed by atoms with E-state index in [0.29, 0.717) is 33.2 Å². The number of carbonyl (C=O) groups is 2. The van der Waals surface area contributed by atoms with Crippen LogP contribution in [0.1, 0.15) is 22.5 Å². The largest absolute Gasteiger partial charge is 0.318 e. The number of nitrogens with one attached hydrogen (secondary N) is 1. The Bertz CT molecular complexity index is 1430. The number of thiocarbonyl (C=S) groups is 1. The van der Waals surface area contributed by atoms with E-state index in [1.807, 2.05) is 18.4 Å². The van der Waals surface area contributed by atoms with Crippen molar-refractivity contribution < 1.29 is 14.5 Å². The predicted octanol–water partition coefficient (Wildman–Crippen LogP) is 4.80. The molecule has 2 aromatic carbocycles. The zero-order chi connectivity index (χ0) is 24.7. The van der Waals surface area contributed by atoms with Crippen molar-refractivity contribution in [1.82, 2.24) is 9.88 Å². The summed E-state index contributed by atoms with van der Waals surface area (Å²) >= 11 is 11.5. The Morgan fingerprint density at radius 3 is 2.47 bits per heavy atom. The molecule has 1 N–H and O–H groups in total. The number of nitro benzene ring substituents is 1. The van der Waals surface area contributed by atoms with Crippen molar-refractivity contribution in [3.05, 3.63) is 91.8 Å². The summed E-state index contributed by atoms with van der Waals surface area (Å²) in [5.74, 6) is -1.22. The van der Waals surface area contributed by atoms with Crippen LogP contribution < -0.4 is 10.2 Å². The van der Waals surface area contributed by atoms with E-state index in [1.54, 1.807) is 49.4 Å². The van der Waals surface area contributed by atoms with Gasteiger partial charge in [0.25, 0.3) is 17.5 Å². The first-order chi connectivity index (χ1) is 16.1. The maximum absolute atomic E-state index is 13.3. The number of amides is 2. The van der Waals surface area contributed by atoms with Gasteiger partial charge in [-0.25, -0.2) is 0 Å². The Balaban J connectivity index is 1.79. The fourth-order valence-corrected chi connectivity index (χ4v) is 4.42. The highest BCUT2D eigenvalue weighted by atomic mass is 35.5. The Morgan fingerprint density at radius 2 is 1.79 bits per heavy atom. The van der Waals surface area contributed by atoms with Crippen LogP contribution in [-0.2, 0) is 9.59 Å². The normalized spacial score (nSPS) is 15.1. The number of aryl methyl sites for hydroxylation is 2. The highest BCUT2D eigenvalue weighted by Crippen LogP contribution is 2.31. The van der Waals surface area contributed by atoms with Crippen LogP contribution in [0.3, 0.4) is 0 Å². The molecule has 2 amide bonds. The molecule has 0 aliphatic carbocycles. The lowest BCUT2D eigenvalue weighted by molar-refractivity contribution is -0.385. The average Bonchev–Trinajstić information content (AvgIpc) is 3.05. The summed E-state index contributed by atoms with van der Waals surface area (Å²) < 4.78 is 1.83. The Hall–Kier alpha value is -3.82. The SMILES string of the molecule is Cc1ccc(-n2c(C)cc(/C=C3\C(=O)NC(=S)N(c4ccccc4Cl)C3=O)c2C)cc1[N+](=O)[O-]. The first kappa shape index (κ1) is 23.3. The minimum Gasteiger partial charge on any atom is -0.318 e. The van der Waals surface area contributed by atoms with E-state index < -0.39 is 16.7 Å². The lowest BCUT2D eigenvalue weighted by Crippen LogP contribution is -2.54. The van der Waals surface area contributed by atoms with Crippen LogP contribution >= 0.6 is 23.8 Å². The molecule has 8 nitrogen and oxygen atoms in total. The van der Waals surface area contributed by atoms with Gasteiger partial charge in [-0.1, -0.05) is 29.8 Å². The topological polar surface area (TPSA) is 97.5 Å². The monoisotopic (exact) mass is 494 g/mol. The van der Waals surface area contributed by atoms with Crippen LogP contribution in [0.15, 0.2) is 54.1 Å². The number of hydrogen-bond donors (Lipinski definition) is 1. The van der Waals surface area contributed by atoms with Crippen LogP contribution in [-0.4, -0.2) is 26.4 Å². The second-order valence-electron chi connectivity index (χ2n) is 7.80. The zero-order valence-electron chi connectivity index (χ0n) is 18.5. The molecule has 172 valence electrons. The molecule has 0 bridgehead atoms. The lowest BCUT2D eigenvalue weighted by Gasteiger charge is -2.29. The molecule has 0 atom stereocenters. The zero-order valence-corrected chi connectivity index (χ0v) is 20.0.